The molecule has 0 radical (unpaired) electrons. The van der Waals surface area contributed by atoms with Crippen molar-refractivity contribution in [3.8, 4) is 0 Å². The second-order valence-electron chi connectivity index (χ2n) is 4.52. The molecule has 2 rings (SSSR count). The van der Waals surface area contributed by atoms with Crippen molar-refractivity contribution in [2.45, 2.75) is 38.8 Å². The number of hydrogen-bond donors (Lipinski definition) is 1. The van der Waals surface area contributed by atoms with Gasteiger partial charge in [0, 0.05) is 16.9 Å². The van der Waals surface area contributed by atoms with Gasteiger partial charge in [-0.15, -0.1) is 11.3 Å². The summed E-state index contributed by atoms with van der Waals surface area (Å²) in [7, 11) is 1.84. The van der Waals surface area contributed by atoms with Gasteiger partial charge in [-0.1, -0.05) is 6.92 Å². The lowest BCUT2D eigenvalue weighted by Crippen LogP contribution is -2.34. The first-order chi connectivity index (χ1) is 7.76. The number of rotatable bonds is 6. The second-order valence-corrected chi connectivity index (χ2v) is 5.84. The number of methoxy groups -OCH3 is 1. The summed E-state index contributed by atoms with van der Waals surface area (Å²) in [4.78, 5) is 2.79. The zero-order valence-electron chi connectivity index (χ0n) is 10.3. The van der Waals surface area contributed by atoms with Crippen molar-refractivity contribution in [1.82, 2.24) is 5.32 Å². The number of likely N-dealkylation sites (N-methyl/N-ethyl adjacent to an activating group) is 1. The van der Waals surface area contributed by atoms with Crippen LogP contribution in [-0.2, 0) is 4.74 Å². The van der Waals surface area contributed by atoms with Gasteiger partial charge in [0.2, 0.25) is 0 Å². The molecule has 1 fully saturated rings. The lowest BCUT2D eigenvalue weighted by atomic mass is 10.0. The van der Waals surface area contributed by atoms with E-state index < -0.39 is 0 Å². The molecular formula is C13H21NOS. The zero-order chi connectivity index (χ0) is 11.5. The van der Waals surface area contributed by atoms with Gasteiger partial charge >= 0.3 is 0 Å². The first-order valence-corrected chi connectivity index (χ1v) is 6.90. The summed E-state index contributed by atoms with van der Waals surface area (Å²) in [6, 6.07) is 4.81. The van der Waals surface area contributed by atoms with Gasteiger partial charge in [-0.05, 0) is 44.4 Å². The van der Waals surface area contributed by atoms with Gasteiger partial charge in [-0.25, -0.2) is 0 Å². The van der Waals surface area contributed by atoms with Crippen LogP contribution in [0, 0.1) is 12.8 Å². The van der Waals surface area contributed by atoms with Crippen molar-refractivity contribution in [2.24, 2.45) is 5.92 Å². The molecule has 16 heavy (non-hydrogen) atoms. The van der Waals surface area contributed by atoms with Gasteiger partial charge in [0.05, 0.1) is 12.1 Å². The van der Waals surface area contributed by atoms with Crippen molar-refractivity contribution in [3.05, 3.63) is 21.9 Å². The number of aryl methyl sites for hydroxylation is 1. The first kappa shape index (κ1) is 12.1. The predicted octanol–water partition coefficient (Wildman–Crippen LogP) is 3.13. The van der Waals surface area contributed by atoms with Crippen molar-refractivity contribution < 1.29 is 4.74 Å². The number of ether oxygens (including phenoxy) is 1. The lowest BCUT2D eigenvalue weighted by molar-refractivity contribution is 0.0522. The Morgan fingerprint density at radius 1 is 1.50 bits per heavy atom. The van der Waals surface area contributed by atoms with E-state index in [1.807, 2.05) is 18.4 Å². The summed E-state index contributed by atoms with van der Waals surface area (Å²) in [5, 5.41) is 3.57. The number of thiophene rings is 1. The smallest absolute Gasteiger partial charge is 0.0802 e. The Hall–Kier alpha value is -0.380. The molecule has 0 aliphatic heterocycles. The van der Waals surface area contributed by atoms with Crippen LogP contribution in [0.15, 0.2) is 12.1 Å². The summed E-state index contributed by atoms with van der Waals surface area (Å²) < 4.78 is 5.70. The molecule has 2 unspecified atom stereocenters. The summed E-state index contributed by atoms with van der Waals surface area (Å²) in [6.45, 7) is 5.32. The van der Waals surface area contributed by atoms with Crippen LogP contribution in [0.3, 0.4) is 0 Å². The molecule has 0 amide bonds. The molecule has 1 saturated carbocycles. The van der Waals surface area contributed by atoms with E-state index in [0.717, 1.165) is 12.5 Å². The topological polar surface area (TPSA) is 21.3 Å². The fraction of sp³-hybridized carbons (Fsp3) is 0.692. The van der Waals surface area contributed by atoms with E-state index in [-0.39, 0.29) is 0 Å². The van der Waals surface area contributed by atoms with Gasteiger partial charge in [0.15, 0.2) is 0 Å². The maximum absolute atomic E-state index is 5.70. The monoisotopic (exact) mass is 239 g/mol. The SMILES string of the molecule is CCNC(c1ccc(C)s1)C(OC)C1CC1. The van der Waals surface area contributed by atoms with Crippen LogP contribution in [0.2, 0.25) is 0 Å². The van der Waals surface area contributed by atoms with E-state index in [4.69, 9.17) is 4.74 Å². The Labute approximate surface area is 102 Å². The highest BCUT2D eigenvalue weighted by molar-refractivity contribution is 7.12. The molecule has 1 aliphatic carbocycles. The van der Waals surface area contributed by atoms with E-state index in [0.29, 0.717) is 12.1 Å². The number of nitrogens with one attached hydrogen (secondary N) is 1. The van der Waals surface area contributed by atoms with E-state index in [1.165, 1.54) is 22.6 Å². The van der Waals surface area contributed by atoms with Crippen LogP contribution < -0.4 is 5.32 Å². The molecule has 0 saturated heterocycles. The van der Waals surface area contributed by atoms with Crippen LogP contribution in [0.4, 0.5) is 0 Å². The third-order valence-electron chi connectivity index (χ3n) is 3.18. The minimum Gasteiger partial charge on any atom is -0.379 e. The molecule has 1 aliphatic rings. The van der Waals surface area contributed by atoms with Crippen molar-refractivity contribution in [1.29, 1.82) is 0 Å². The molecule has 0 spiro atoms. The highest BCUT2D eigenvalue weighted by Crippen LogP contribution is 2.41. The minimum absolute atomic E-state index is 0.345. The maximum Gasteiger partial charge on any atom is 0.0802 e. The molecular weight excluding hydrogens is 218 g/mol. The van der Waals surface area contributed by atoms with Gasteiger partial charge in [-0.3, -0.25) is 0 Å². The predicted molar refractivity (Wildman–Crippen MR) is 69.0 cm³/mol. The maximum atomic E-state index is 5.70. The highest BCUT2D eigenvalue weighted by Gasteiger charge is 2.37. The fourth-order valence-electron chi connectivity index (χ4n) is 2.24. The van der Waals surface area contributed by atoms with Gasteiger partial charge in [0.1, 0.15) is 0 Å². The zero-order valence-corrected chi connectivity index (χ0v) is 11.1. The van der Waals surface area contributed by atoms with E-state index in [9.17, 15) is 0 Å². The Morgan fingerprint density at radius 2 is 2.25 bits per heavy atom. The molecule has 3 heteroatoms. The third kappa shape index (κ3) is 2.65. The summed E-state index contributed by atoms with van der Waals surface area (Å²) in [6.07, 6.45) is 2.99. The average molecular weight is 239 g/mol. The molecule has 2 nitrogen and oxygen atoms in total. The Bertz CT molecular complexity index is 332. The van der Waals surface area contributed by atoms with Crippen molar-refractivity contribution >= 4 is 11.3 Å². The quantitative estimate of drug-likeness (QED) is 0.823. The van der Waals surface area contributed by atoms with Crippen molar-refractivity contribution in [3.63, 3.8) is 0 Å². The fourth-order valence-corrected chi connectivity index (χ4v) is 3.23. The second kappa shape index (κ2) is 5.30. The number of hydrogen-bond acceptors (Lipinski definition) is 3. The van der Waals surface area contributed by atoms with Crippen LogP contribution in [0.1, 0.15) is 35.6 Å². The molecule has 0 aromatic carbocycles. The molecule has 1 N–H and O–H groups in total. The molecule has 1 heterocycles. The summed E-state index contributed by atoms with van der Waals surface area (Å²) in [5.41, 5.74) is 0. The van der Waals surface area contributed by atoms with Gasteiger partial charge in [-0.2, -0.15) is 0 Å². The Morgan fingerprint density at radius 3 is 2.69 bits per heavy atom. The van der Waals surface area contributed by atoms with Gasteiger partial charge < -0.3 is 10.1 Å². The van der Waals surface area contributed by atoms with E-state index in [2.05, 4.69) is 31.3 Å². The molecule has 1 aromatic rings. The molecule has 0 bridgehead atoms. The Kier molecular flexibility index (Phi) is 4.00. The summed E-state index contributed by atoms with van der Waals surface area (Å²) in [5.74, 6) is 0.761. The van der Waals surface area contributed by atoms with Crippen LogP contribution in [-0.4, -0.2) is 19.8 Å². The minimum atomic E-state index is 0.345. The third-order valence-corrected chi connectivity index (χ3v) is 4.26. The molecule has 90 valence electrons. The van der Waals surface area contributed by atoms with Crippen LogP contribution >= 0.6 is 11.3 Å². The van der Waals surface area contributed by atoms with Crippen molar-refractivity contribution in [2.75, 3.05) is 13.7 Å². The lowest BCUT2D eigenvalue weighted by Gasteiger charge is -2.26. The van der Waals surface area contributed by atoms with Gasteiger partial charge in [0.25, 0.3) is 0 Å². The van der Waals surface area contributed by atoms with E-state index in [1.54, 1.807) is 0 Å². The standard InChI is InChI=1S/C13H21NOS/c1-4-14-12(11-8-5-9(2)16-11)13(15-3)10-6-7-10/h5,8,10,12-14H,4,6-7H2,1-3H3. The van der Waals surface area contributed by atoms with E-state index >= 15 is 0 Å². The average Bonchev–Trinajstić information content (AvgIpc) is 3.01. The first-order valence-electron chi connectivity index (χ1n) is 6.08. The summed E-state index contributed by atoms with van der Waals surface area (Å²) >= 11 is 1.88. The molecule has 2 atom stereocenters. The molecule has 1 aromatic heterocycles. The van der Waals surface area contributed by atoms with Crippen LogP contribution in [0.25, 0.3) is 0 Å². The Balaban J connectivity index is 2.14. The van der Waals surface area contributed by atoms with Crippen LogP contribution in [0.5, 0.6) is 0 Å². The largest absolute Gasteiger partial charge is 0.379 e. The highest BCUT2D eigenvalue weighted by atomic mass is 32.1. The normalized spacial score (nSPS) is 19.7.